The van der Waals surface area contributed by atoms with Crippen molar-refractivity contribution in [3.05, 3.63) is 63.7 Å². The first kappa shape index (κ1) is 14.6. The third-order valence-electron chi connectivity index (χ3n) is 4.02. The van der Waals surface area contributed by atoms with Crippen molar-refractivity contribution in [1.29, 1.82) is 0 Å². The molecule has 0 amide bonds. The molecule has 2 aromatic carbocycles. The normalized spacial score (nSPS) is 12.3. The average molecular weight is 270 g/mol. The van der Waals surface area contributed by atoms with Crippen LogP contribution in [0, 0.1) is 27.7 Å². The van der Waals surface area contributed by atoms with Gasteiger partial charge in [-0.05, 0) is 73.2 Å². The molecule has 0 fully saturated rings. The number of hydrogen-bond acceptors (Lipinski definition) is 2. The van der Waals surface area contributed by atoms with Gasteiger partial charge in [-0.15, -0.1) is 0 Å². The summed E-state index contributed by atoms with van der Waals surface area (Å²) >= 11 is 0. The van der Waals surface area contributed by atoms with Gasteiger partial charge in [0.1, 0.15) is 11.9 Å². The molecule has 0 aliphatic heterocycles. The van der Waals surface area contributed by atoms with E-state index in [1.165, 1.54) is 5.56 Å². The number of aliphatic hydroxyl groups is 1. The molecule has 0 aliphatic rings. The molecule has 0 bridgehead atoms. The highest BCUT2D eigenvalue weighted by Crippen LogP contribution is 2.32. The van der Waals surface area contributed by atoms with E-state index in [1.54, 1.807) is 7.11 Å². The van der Waals surface area contributed by atoms with E-state index in [0.29, 0.717) is 0 Å². The van der Waals surface area contributed by atoms with Crippen molar-refractivity contribution in [1.82, 2.24) is 0 Å². The van der Waals surface area contributed by atoms with Gasteiger partial charge in [-0.25, -0.2) is 0 Å². The van der Waals surface area contributed by atoms with E-state index in [0.717, 1.165) is 33.6 Å². The maximum atomic E-state index is 10.7. The molecule has 2 aromatic rings. The van der Waals surface area contributed by atoms with Crippen LogP contribution < -0.4 is 4.74 Å². The molecule has 0 saturated carbocycles. The molecule has 0 spiro atoms. The van der Waals surface area contributed by atoms with Gasteiger partial charge in [-0.2, -0.15) is 0 Å². The molecule has 106 valence electrons. The van der Waals surface area contributed by atoms with Gasteiger partial charge in [-0.1, -0.05) is 18.2 Å². The van der Waals surface area contributed by atoms with Crippen LogP contribution in [-0.2, 0) is 0 Å². The second-order valence-corrected chi connectivity index (χ2v) is 5.37. The summed E-state index contributed by atoms with van der Waals surface area (Å²) in [4.78, 5) is 0. The van der Waals surface area contributed by atoms with E-state index in [9.17, 15) is 5.11 Å². The molecule has 0 saturated heterocycles. The van der Waals surface area contributed by atoms with Crippen molar-refractivity contribution in [2.24, 2.45) is 0 Å². The van der Waals surface area contributed by atoms with E-state index < -0.39 is 6.10 Å². The van der Waals surface area contributed by atoms with Crippen LogP contribution >= 0.6 is 0 Å². The summed E-state index contributed by atoms with van der Waals surface area (Å²) in [5.41, 5.74) is 6.34. The lowest BCUT2D eigenvalue weighted by atomic mass is 9.91. The molecule has 2 rings (SSSR count). The Bertz CT molecular complexity index is 630. The summed E-state index contributed by atoms with van der Waals surface area (Å²) in [5, 5.41) is 10.7. The van der Waals surface area contributed by atoms with Crippen LogP contribution in [0.15, 0.2) is 30.3 Å². The van der Waals surface area contributed by atoms with Gasteiger partial charge in [0.15, 0.2) is 0 Å². The molecule has 2 heteroatoms. The lowest BCUT2D eigenvalue weighted by molar-refractivity contribution is 0.218. The Morgan fingerprint density at radius 1 is 0.900 bits per heavy atom. The molecular weight excluding hydrogens is 248 g/mol. The first-order valence-corrected chi connectivity index (χ1v) is 6.85. The van der Waals surface area contributed by atoms with Gasteiger partial charge in [-0.3, -0.25) is 0 Å². The minimum atomic E-state index is -0.598. The predicted molar refractivity (Wildman–Crippen MR) is 82.4 cm³/mol. The zero-order valence-electron chi connectivity index (χ0n) is 12.8. The highest BCUT2D eigenvalue weighted by molar-refractivity contribution is 5.47. The maximum Gasteiger partial charge on any atom is 0.122 e. The molecule has 0 aromatic heterocycles. The second kappa shape index (κ2) is 5.68. The number of aryl methyl sites for hydroxylation is 3. The second-order valence-electron chi connectivity index (χ2n) is 5.37. The van der Waals surface area contributed by atoms with Crippen molar-refractivity contribution in [3.8, 4) is 5.75 Å². The lowest BCUT2D eigenvalue weighted by Gasteiger charge is -2.19. The Morgan fingerprint density at radius 2 is 1.60 bits per heavy atom. The Kier molecular flexibility index (Phi) is 4.15. The van der Waals surface area contributed by atoms with Crippen LogP contribution in [0.5, 0.6) is 5.75 Å². The third kappa shape index (κ3) is 2.56. The molecule has 20 heavy (non-hydrogen) atoms. The number of rotatable bonds is 3. The highest BCUT2D eigenvalue weighted by atomic mass is 16.5. The summed E-state index contributed by atoms with van der Waals surface area (Å²) in [5.74, 6) is 0.861. The van der Waals surface area contributed by atoms with Gasteiger partial charge >= 0.3 is 0 Å². The summed E-state index contributed by atoms with van der Waals surface area (Å²) in [6.45, 7) is 8.13. The fraction of sp³-hybridized carbons (Fsp3) is 0.333. The smallest absolute Gasteiger partial charge is 0.122 e. The van der Waals surface area contributed by atoms with E-state index in [-0.39, 0.29) is 0 Å². The minimum Gasteiger partial charge on any atom is -0.496 e. The minimum absolute atomic E-state index is 0.598. The van der Waals surface area contributed by atoms with E-state index in [2.05, 4.69) is 19.9 Å². The van der Waals surface area contributed by atoms with Crippen LogP contribution in [0.25, 0.3) is 0 Å². The molecule has 0 aliphatic carbocycles. The summed E-state index contributed by atoms with van der Waals surface area (Å²) < 4.78 is 5.33. The van der Waals surface area contributed by atoms with Crippen LogP contribution in [-0.4, -0.2) is 12.2 Å². The summed E-state index contributed by atoms with van der Waals surface area (Å²) in [7, 11) is 1.67. The number of ether oxygens (including phenoxy) is 1. The van der Waals surface area contributed by atoms with Crippen molar-refractivity contribution < 1.29 is 9.84 Å². The van der Waals surface area contributed by atoms with Crippen molar-refractivity contribution in [3.63, 3.8) is 0 Å². The van der Waals surface area contributed by atoms with Gasteiger partial charge in [0.2, 0.25) is 0 Å². The fourth-order valence-electron chi connectivity index (χ4n) is 2.56. The number of methoxy groups -OCH3 is 1. The van der Waals surface area contributed by atoms with Gasteiger partial charge in [0.25, 0.3) is 0 Å². The molecule has 0 heterocycles. The zero-order chi connectivity index (χ0) is 14.9. The van der Waals surface area contributed by atoms with Gasteiger partial charge in [0.05, 0.1) is 7.11 Å². The Morgan fingerprint density at radius 3 is 2.25 bits per heavy atom. The van der Waals surface area contributed by atoms with Crippen molar-refractivity contribution >= 4 is 0 Å². The number of aliphatic hydroxyl groups excluding tert-OH is 1. The van der Waals surface area contributed by atoms with E-state index in [4.69, 9.17) is 4.74 Å². The number of benzene rings is 2. The Labute approximate surface area is 121 Å². The SMILES string of the molecule is COc1cc(C)c(C(O)c2cccc(C)c2C)cc1C. The van der Waals surface area contributed by atoms with E-state index >= 15 is 0 Å². The highest BCUT2D eigenvalue weighted by Gasteiger charge is 2.17. The lowest BCUT2D eigenvalue weighted by Crippen LogP contribution is -2.06. The van der Waals surface area contributed by atoms with Gasteiger partial charge < -0.3 is 9.84 Å². The number of hydrogen-bond donors (Lipinski definition) is 1. The topological polar surface area (TPSA) is 29.5 Å². The standard InChI is InChI=1S/C18H22O2/c1-11-7-6-8-15(14(11)4)18(19)16-9-13(3)17(20-5)10-12(16)2/h6-10,18-19H,1-5H3. The Hall–Kier alpha value is -1.80. The predicted octanol–water partition coefficient (Wildman–Crippen LogP) is 4.01. The van der Waals surface area contributed by atoms with Crippen LogP contribution in [0.3, 0.4) is 0 Å². The molecule has 2 nitrogen and oxygen atoms in total. The average Bonchev–Trinajstić information content (AvgIpc) is 2.43. The summed E-state index contributed by atoms with van der Waals surface area (Å²) in [6, 6.07) is 10.1. The van der Waals surface area contributed by atoms with Crippen molar-refractivity contribution in [2.45, 2.75) is 33.8 Å². The molecule has 0 radical (unpaired) electrons. The van der Waals surface area contributed by atoms with Crippen molar-refractivity contribution in [2.75, 3.05) is 7.11 Å². The molecular formula is C18H22O2. The summed E-state index contributed by atoms with van der Waals surface area (Å²) in [6.07, 6.45) is -0.598. The first-order chi connectivity index (χ1) is 9.45. The third-order valence-corrected chi connectivity index (χ3v) is 4.02. The Balaban J connectivity index is 2.51. The molecule has 1 atom stereocenters. The fourth-order valence-corrected chi connectivity index (χ4v) is 2.56. The van der Waals surface area contributed by atoms with Crippen LogP contribution in [0.1, 0.15) is 39.5 Å². The van der Waals surface area contributed by atoms with Crippen LogP contribution in [0.4, 0.5) is 0 Å². The van der Waals surface area contributed by atoms with Gasteiger partial charge in [0, 0.05) is 0 Å². The first-order valence-electron chi connectivity index (χ1n) is 6.85. The molecule has 1 N–H and O–H groups in total. The zero-order valence-corrected chi connectivity index (χ0v) is 12.8. The van der Waals surface area contributed by atoms with E-state index in [1.807, 2.05) is 38.1 Å². The van der Waals surface area contributed by atoms with Crippen LogP contribution in [0.2, 0.25) is 0 Å². The molecule has 1 unspecified atom stereocenters. The quantitative estimate of drug-likeness (QED) is 0.913. The largest absolute Gasteiger partial charge is 0.496 e. The monoisotopic (exact) mass is 270 g/mol. The maximum absolute atomic E-state index is 10.7.